The number of halogens is 3. The SMILES string of the molecule is CC(Nc1ccc(C#N)cc1Br)c1cccc(Cl)c1Cl. The van der Waals surface area contributed by atoms with Gasteiger partial charge in [-0.1, -0.05) is 35.3 Å². The quantitative estimate of drug-likeness (QED) is 0.741. The Balaban J connectivity index is 2.26. The third-order valence-corrected chi connectivity index (χ3v) is 4.41. The normalized spacial score (nSPS) is 11.8. The van der Waals surface area contributed by atoms with Crippen molar-refractivity contribution in [1.29, 1.82) is 5.26 Å². The lowest BCUT2D eigenvalue weighted by Gasteiger charge is -2.18. The summed E-state index contributed by atoms with van der Waals surface area (Å²) in [7, 11) is 0. The lowest BCUT2D eigenvalue weighted by Crippen LogP contribution is -2.07. The van der Waals surface area contributed by atoms with Crippen LogP contribution in [0.5, 0.6) is 0 Å². The smallest absolute Gasteiger partial charge is 0.0992 e. The van der Waals surface area contributed by atoms with Crippen molar-refractivity contribution in [1.82, 2.24) is 0 Å². The molecule has 0 radical (unpaired) electrons. The molecule has 2 aromatic rings. The molecule has 20 heavy (non-hydrogen) atoms. The van der Waals surface area contributed by atoms with E-state index < -0.39 is 0 Å². The molecule has 2 aromatic carbocycles. The Kier molecular flexibility index (Phi) is 4.93. The summed E-state index contributed by atoms with van der Waals surface area (Å²) in [5.74, 6) is 0. The van der Waals surface area contributed by atoms with Crippen LogP contribution in [0.25, 0.3) is 0 Å². The van der Waals surface area contributed by atoms with Gasteiger partial charge in [-0.3, -0.25) is 0 Å². The fourth-order valence-corrected chi connectivity index (χ4v) is 2.83. The van der Waals surface area contributed by atoms with Crippen LogP contribution in [0, 0.1) is 11.3 Å². The van der Waals surface area contributed by atoms with Crippen molar-refractivity contribution in [3.05, 3.63) is 62.0 Å². The molecule has 1 N–H and O–H groups in total. The van der Waals surface area contributed by atoms with Crippen LogP contribution in [0.1, 0.15) is 24.1 Å². The molecule has 2 rings (SSSR count). The van der Waals surface area contributed by atoms with E-state index in [4.69, 9.17) is 28.5 Å². The molecular formula is C15H11BrCl2N2. The standard InChI is InChI=1S/C15H11BrCl2N2/c1-9(11-3-2-4-13(17)15(11)18)20-14-6-5-10(8-19)7-12(14)16/h2-7,9,20H,1H3. The van der Waals surface area contributed by atoms with E-state index in [1.807, 2.05) is 25.1 Å². The zero-order valence-electron chi connectivity index (χ0n) is 10.6. The second kappa shape index (κ2) is 6.49. The molecule has 2 nitrogen and oxygen atoms in total. The van der Waals surface area contributed by atoms with Gasteiger partial charge in [0, 0.05) is 10.2 Å². The number of hydrogen-bond donors (Lipinski definition) is 1. The second-order valence-corrected chi connectivity index (χ2v) is 5.96. The van der Waals surface area contributed by atoms with Crippen LogP contribution in [-0.4, -0.2) is 0 Å². The van der Waals surface area contributed by atoms with E-state index in [9.17, 15) is 0 Å². The van der Waals surface area contributed by atoms with Gasteiger partial charge in [-0.15, -0.1) is 0 Å². The highest BCUT2D eigenvalue weighted by Crippen LogP contribution is 2.33. The first-order chi connectivity index (χ1) is 9.52. The average Bonchev–Trinajstić information content (AvgIpc) is 2.44. The lowest BCUT2D eigenvalue weighted by molar-refractivity contribution is 0.884. The van der Waals surface area contributed by atoms with Crippen LogP contribution in [0.2, 0.25) is 10.0 Å². The van der Waals surface area contributed by atoms with Crippen LogP contribution in [0.4, 0.5) is 5.69 Å². The van der Waals surface area contributed by atoms with E-state index in [1.165, 1.54) is 0 Å². The minimum Gasteiger partial charge on any atom is -0.378 e. The molecule has 0 heterocycles. The number of benzene rings is 2. The molecule has 0 saturated heterocycles. The predicted octanol–water partition coefficient (Wildman–Crippen LogP) is 5.80. The summed E-state index contributed by atoms with van der Waals surface area (Å²) in [6.07, 6.45) is 0. The minimum absolute atomic E-state index is 0.00886. The first-order valence-electron chi connectivity index (χ1n) is 5.93. The topological polar surface area (TPSA) is 35.8 Å². The Hall–Kier alpha value is -1.21. The van der Waals surface area contributed by atoms with Gasteiger partial charge in [0.15, 0.2) is 0 Å². The third kappa shape index (κ3) is 3.27. The Morgan fingerprint density at radius 2 is 2.00 bits per heavy atom. The first kappa shape index (κ1) is 15.2. The monoisotopic (exact) mass is 368 g/mol. The number of nitriles is 1. The number of nitrogens with zero attached hydrogens (tertiary/aromatic N) is 1. The van der Waals surface area contributed by atoms with Crippen LogP contribution in [0.3, 0.4) is 0 Å². The molecule has 0 aliphatic rings. The third-order valence-electron chi connectivity index (χ3n) is 2.92. The number of nitrogens with one attached hydrogen (secondary N) is 1. The van der Waals surface area contributed by atoms with Crippen molar-refractivity contribution in [2.45, 2.75) is 13.0 Å². The molecule has 1 atom stereocenters. The summed E-state index contributed by atoms with van der Waals surface area (Å²) in [6, 6.07) is 13.1. The van der Waals surface area contributed by atoms with Gasteiger partial charge in [0.05, 0.1) is 27.7 Å². The molecule has 0 aliphatic heterocycles. The van der Waals surface area contributed by atoms with Crippen LogP contribution >= 0.6 is 39.1 Å². The maximum absolute atomic E-state index is 8.86. The summed E-state index contributed by atoms with van der Waals surface area (Å²) in [5, 5.41) is 13.3. The van der Waals surface area contributed by atoms with Gasteiger partial charge in [0.25, 0.3) is 0 Å². The van der Waals surface area contributed by atoms with Crippen LogP contribution < -0.4 is 5.32 Å². The van der Waals surface area contributed by atoms with E-state index in [-0.39, 0.29) is 6.04 Å². The van der Waals surface area contributed by atoms with Gasteiger partial charge in [0.1, 0.15) is 0 Å². The van der Waals surface area contributed by atoms with E-state index in [1.54, 1.807) is 18.2 Å². The molecule has 0 fully saturated rings. The molecule has 1 unspecified atom stereocenters. The van der Waals surface area contributed by atoms with Crippen molar-refractivity contribution < 1.29 is 0 Å². The van der Waals surface area contributed by atoms with E-state index in [2.05, 4.69) is 27.3 Å². The molecule has 0 aromatic heterocycles. The van der Waals surface area contributed by atoms with Crippen molar-refractivity contribution in [3.8, 4) is 6.07 Å². The van der Waals surface area contributed by atoms with Crippen LogP contribution in [-0.2, 0) is 0 Å². The summed E-state index contributed by atoms with van der Waals surface area (Å²) < 4.78 is 0.835. The van der Waals surface area contributed by atoms with Crippen molar-refractivity contribution in [3.63, 3.8) is 0 Å². The Morgan fingerprint density at radius 3 is 2.65 bits per heavy atom. The Morgan fingerprint density at radius 1 is 1.25 bits per heavy atom. The zero-order chi connectivity index (χ0) is 14.7. The fraction of sp³-hybridized carbons (Fsp3) is 0.133. The van der Waals surface area contributed by atoms with E-state index >= 15 is 0 Å². The van der Waals surface area contributed by atoms with Crippen LogP contribution in [0.15, 0.2) is 40.9 Å². The predicted molar refractivity (Wildman–Crippen MR) is 87.4 cm³/mol. The van der Waals surface area contributed by atoms with E-state index in [0.717, 1.165) is 15.7 Å². The maximum atomic E-state index is 8.86. The van der Waals surface area contributed by atoms with E-state index in [0.29, 0.717) is 15.6 Å². The molecule has 0 saturated carbocycles. The summed E-state index contributed by atoms with van der Waals surface area (Å²) in [4.78, 5) is 0. The zero-order valence-corrected chi connectivity index (χ0v) is 13.7. The lowest BCUT2D eigenvalue weighted by atomic mass is 10.1. The largest absolute Gasteiger partial charge is 0.378 e. The van der Waals surface area contributed by atoms with Crippen molar-refractivity contribution in [2.24, 2.45) is 0 Å². The Bertz CT molecular complexity index is 680. The van der Waals surface area contributed by atoms with Gasteiger partial charge in [0.2, 0.25) is 0 Å². The molecule has 0 bridgehead atoms. The van der Waals surface area contributed by atoms with Gasteiger partial charge in [-0.2, -0.15) is 5.26 Å². The molecular weight excluding hydrogens is 359 g/mol. The molecule has 0 amide bonds. The fourth-order valence-electron chi connectivity index (χ4n) is 1.87. The number of hydrogen-bond acceptors (Lipinski definition) is 2. The molecule has 5 heteroatoms. The highest BCUT2D eigenvalue weighted by molar-refractivity contribution is 9.10. The maximum Gasteiger partial charge on any atom is 0.0992 e. The highest BCUT2D eigenvalue weighted by Gasteiger charge is 2.13. The minimum atomic E-state index is -0.00886. The van der Waals surface area contributed by atoms with Crippen molar-refractivity contribution in [2.75, 3.05) is 5.32 Å². The highest BCUT2D eigenvalue weighted by atomic mass is 79.9. The van der Waals surface area contributed by atoms with Gasteiger partial charge in [-0.25, -0.2) is 0 Å². The number of anilines is 1. The van der Waals surface area contributed by atoms with Crippen molar-refractivity contribution >= 4 is 44.8 Å². The molecule has 0 aliphatic carbocycles. The Labute approximate surface area is 136 Å². The first-order valence-corrected chi connectivity index (χ1v) is 7.48. The molecule has 0 spiro atoms. The van der Waals surface area contributed by atoms with Gasteiger partial charge >= 0.3 is 0 Å². The molecule has 102 valence electrons. The summed E-state index contributed by atoms with van der Waals surface area (Å²) >= 11 is 15.7. The van der Waals surface area contributed by atoms with Gasteiger partial charge < -0.3 is 5.32 Å². The van der Waals surface area contributed by atoms with Gasteiger partial charge in [-0.05, 0) is 52.7 Å². The summed E-state index contributed by atoms with van der Waals surface area (Å²) in [5.41, 5.74) is 2.43. The average molecular weight is 370 g/mol. The summed E-state index contributed by atoms with van der Waals surface area (Å²) in [6.45, 7) is 2.00. The number of rotatable bonds is 3. The second-order valence-electron chi connectivity index (χ2n) is 4.32.